The van der Waals surface area contributed by atoms with E-state index in [1.165, 1.54) is 0 Å². The van der Waals surface area contributed by atoms with Crippen LogP contribution < -0.4 is 5.32 Å². The van der Waals surface area contributed by atoms with Gasteiger partial charge < -0.3 is 10.4 Å². The van der Waals surface area contributed by atoms with Crippen molar-refractivity contribution in [2.75, 3.05) is 5.32 Å². The molecule has 2 aromatic heterocycles. The lowest BCUT2D eigenvalue weighted by Crippen LogP contribution is -2.02. The maximum absolute atomic E-state index is 11.1. The summed E-state index contributed by atoms with van der Waals surface area (Å²) in [5.74, 6) is 0.350. The average Bonchev–Trinajstić information content (AvgIpc) is 2.62. The minimum Gasteiger partial charge on any atom is -0.478 e. The molecule has 0 unspecified atom stereocenters. The average molecular weight is 320 g/mol. The van der Waals surface area contributed by atoms with Gasteiger partial charge in [-0.15, -0.1) is 0 Å². The van der Waals surface area contributed by atoms with Crippen molar-refractivity contribution >= 4 is 17.5 Å². The zero-order valence-electron chi connectivity index (χ0n) is 13.1. The summed E-state index contributed by atoms with van der Waals surface area (Å²) < 4.78 is 0. The van der Waals surface area contributed by atoms with Gasteiger partial charge in [0.15, 0.2) is 0 Å². The van der Waals surface area contributed by atoms with Crippen LogP contribution in [0.25, 0.3) is 11.3 Å². The molecule has 0 bridgehead atoms. The number of hydrogen-bond donors (Lipinski definition) is 2. The lowest BCUT2D eigenvalue weighted by Gasteiger charge is -2.10. The third-order valence-corrected chi connectivity index (χ3v) is 3.43. The van der Waals surface area contributed by atoms with Gasteiger partial charge in [0.2, 0.25) is 0 Å². The number of aryl methyl sites for hydroxylation is 1. The van der Waals surface area contributed by atoms with E-state index in [4.69, 9.17) is 5.11 Å². The van der Waals surface area contributed by atoms with E-state index < -0.39 is 5.97 Å². The van der Waals surface area contributed by atoms with E-state index in [-0.39, 0.29) is 5.56 Å². The molecular formula is C18H16N4O2. The molecule has 0 spiro atoms. The van der Waals surface area contributed by atoms with Crippen LogP contribution in [0.4, 0.5) is 11.5 Å². The first-order valence-electron chi connectivity index (χ1n) is 7.54. The molecular weight excluding hydrogens is 304 g/mol. The number of nitrogens with zero attached hydrogens (tertiary/aromatic N) is 3. The van der Waals surface area contributed by atoms with E-state index in [1.54, 1.807) is 36.7 Å². The number of nitrogens with one attached hydrogen (secondary N) is 1. The summed E-state index contributed by atoms with van der Waals surface area (Å²) in [4.78, 5) is 24.2. The van der Waals surface area contributed by atoms with E-state index in [9.17, 15) is 4.79 Å². The van der Waals surface area contributed by atoms with Gasteiger partial charge in [0.05, 0.1) is 11.3 Å². The monoisotopic (exact) mass is 320 g/mol. The summed E-state index contributed by atoms with van der Waals surface area (Å²) >= 11 is 0. The number of anilines is 2. The molecule has 0 aliphatic carbocycles. The van der Waals surface area contributed by atoms with E-state index in [0.29, 0.717) is 23.8 Å². The van der Waals surface area contributed by atoms with Crippen molar-refractivity contribution in [1.82, 2.24) is 15.0 Å². The molecule has 0 saturated heterocycles. The Balaban J connectivity index is 1.96. The maximum atomic E-state index is 11.1. The first-order chi connectivity index (χ1) is 11.7. The van der Waals surface area contributed by atoms with Crippen molar-refractivity contribution in [2.45, 2.75) is 13.3 Å². The zero-order valence-corrected chi connectivity index (χ0v) is 13.1. The summed E-state index contributed by atoms with van der Waals surface area (Å²) in [6.45, 7) is 1.98. The molecule has 0 atom stereocenters. The van der Waals surface area contributed by atoms with Gasteiger partial charge in [-0.25, -0.2) is 14.8 Å². The molecule has 2 N–H and O–H groups in total. The van der Waals surface area contributed by atoms with Crippen LogP contribution >= 0.6 is 0 Å². The Morgan fingerprint density at radius 3 is 2.75 bits per heavy atom. The van der Waals surface area contributed by atoms with Crippen molar-refractivity contribution in [3.8, 4) is 11.3 Å². The van der Waals surface area contributed by atoms with Crippen LogP contribution in [-0.4, -0.2) is 26.0 Å². The number of hydrogen-bond acceptors (Lipinski definition) is 5. The van der Waals surface area contributed by atoms with Gasteiger partial charge in [0.25, 0.3) is 0 Å². The normalized spacial score (nSPS) is 10.4. The molecule has 120 valence electrons. The largest absolute Gasteiger partial charge is 0.478 e. The lowest BCUT2D eigenvalue weighted by molar-refractivity contribution is 0.0697. The van der Waals surface area contributed by atoms with Crippen molar-refractivity contribution in [1.29, 1.82) is 0 Å². The Morgan fingerprint density at radius 2 is 2.04 bits per heavy atom. The summed E-state index contributed by atoms with van der Waals surface area (Å²) in [6, 6.07) is 12.2. The van der Waals surface area contributed by atoms with Crippen LogP contribution in [0.15, 0.2) is 54.9 Å². The number of aromatic carboxylic acids is 1. The lowest BCUT2D eigenvalue weighted by atomic mass is 10.2. The van der Waals surface area contributed by atoms with Gasteiger partial charge in [-0.3, -0.25) is 4.98 Å². The number of carboxylic acid groups (broad SMARTS) is 1. The number of benzene rings is 1. The number of carboxylic acids is 1. The fourth-order valence-electron chi connectivity index (χ4n) is 2.26. The summed E-state index contributed by atoms with van der Waals surface area (Å²) in [7, 11) is 0. The van der Waals surface area contributed by atoms with Gasteiger partial charge >= 0.3 is 5.97 Å². The SMILES string of the molecule is CCc1nc(Nc2cccc(C(=O)O)c2)cc(-c2cccnc2)n1. The predicted octanol–water partition coefficient (Wildman–Crippen LogP) is 3.54. The van der Waals surface area contributed by atoms with Crippen LogP contribution in [0.2, 0.25) is 0 Å². The third-order valence-electron chi connectivity index (χ3n) is 3.43. The quantitative estimate of drug-likeness (QED) is 0.747. The van der Waals surface area contributed by atoms with Crippen LogP contribution in [0, 0.1) is 0 Å². The first-order valence-corrected chi connectivity index (χ1v) is 7.54. The Kier molecular flexibility index (Phi) is 4.47. The Morgan fingerprint density at radius 1 is 1.17 bits per heavy atom. The van der Waals surface area contributed by atoms with E-state index in [2.05, 4.69) is 20.3 Å². The molecule has 6 nitrogen and oxygen atoms in total. The van der Waals surface area contributed by atoms with Crippen LogP contribution in [0.3, 0.4) is 0 Å². The van der Waals surface area contributed by atoms with Crippen molar-refractivity contribution in [2.24, 2.45) is 0 Å². The minimum atomic E-state index is -0.966. The molecule has 6 heteroatoms. The van der Waals surface area contributed by atoms with E-state index in [0.717, 1.165) is 11.3 Å². The van der Waals surface area contributed by atoms with Gasteiger partial charge in [-0.1, -0.05) is 13.0 Å². The second-order valence-electron chi connectivity index (χ2n) is 5.16. The topological polar surface area (TPSA) is 88.0 Å². The highest BCUT2D eigenvalue weighted by Crippen LogP contribution is 2.22. The smallest absolute Gasteiger partial charge is 0.335 e. The highest BCUT2D eigenvalue weighted by Gasteiger charge is 2.08. The summed E-state index contributed by atoms with van der Waals surface area (Å²) in [5.41, 5.74) is 2.55. The van der Waals surface area contributed by atoms with Gasteiger partial charge in [0, 0.05) is 36.1 Å². The molecule has 3 aromatic rings. The number of rotatable bonds is 5. The minimum absolute atomic E-state index is 0.220. The molecule has 0 fully saturated rings. The molecule has 0 amide bonds. The fourth-order valence-corrected chi connectivity index (χ4v) is 2.26. The molecule has 2 heterocycles. The molecule has 0 aliphatic rings. The van der Waals surface area contributed by atoms with Crippen molar-refractivity contribution < 1.29 is 9.90 Å². The molecule has 24 heavy (non-hydrogen) atoms. The highest BCUT2D eigenvalue weighted by atomic mass is 16.4. The zero-order chi connectivity index (χ0) is 16.9. The molecule has 0 saturated carbocycles. The highest BCUT2D eigenvalue weighted by molar-refractivity contribution is 5.89. The Bertz CT molecular complexity index is 866. The standard InChI is InChI=1S/C18H16N4O2/c1-2-16-21-15(13-6-4-8-19-11-13)10-17(22-16)20-14-7-3-5-12(9-14)18(23)24/h3-11H,2H2,1H3,(H,23,24)(H,20,21,22). The van der Waals surface area contributed by atoms with Crippen LogP contribution in [-0.2, 0) is 6.42 Å². The molecule has 3 rings (SSSR count). The second kappa shape index (κ2) is 6.87. The van der Waals surface area contributed by atoms with E-state index >= 15 is 0 Å². The first kappa shape index (κ1) is 15.6. The van der Waals surface area contributed by atoms with Crippen molar-refractivity contribution in [3.63, 3.8) is 0 Å². The van der Waals surface area contributed by atoms with Gasteiger partial charge in [-0.2, -0.15) is 0 Å². The number of carbonyl (C=O) groups is 1. The number of pyridine rings is 1. The summed E-state index contributed by atoms with van der Waals surface area (Å²) in [5, 5.41) is 12.2. The van der Waals surface area contributed by atoms with Gasteiger partial charge in [0.1, 0.15) is 11.6 Å². The number of aromatic nitrogens is 3. The van der Waals surface area contributed by atoms with Crippen LogP contribution in [0.5, 0.6) is 0 Å². The molecule has 0 radical (unpaired) electrons. The molecule has 0 aliphatic heterocycles. The summed E-state index contributed by atoms with van der Waals surface area (Å²) in [6.07, 6.45) is 4.15. The van der Waals surface area contributed by atoms with Crippen LogP contribution in [0.1, 0.15) is 23.1 Å². The fraction of sp³-hybridized carbons (Fsp3) is 0.111. The second-order valence-corrected chi connectivity index (χ2v) is 5.16. The van der Waals surface area contributed by atoms with Gasteiger partial charge in [-0.05, 0) is 30.3 Å². The maximum Gasteiger partial charge on any atom is 0.335 e. The Hall–Kier alpha value is -3.28. The Labute approximate surface area is 139 Å². The predicted molar refractivity (Wildman–Crippen MR) is 91.3 cm³/mol. The third kappa shape index (κ3) is 3.55. The molecule has 1 aromatic carbocycles. The van der Waals surface area contributed by atoms with Crippen molar-refractivity contribution in [3.05, 3.63) is 66.2 Å². The van der Waals surface area contributed by atoms with E-state index in [1.807, 2.05) is 25.1 Å².